The number of benzene rings is 1. The number of hydrogen-bond donors (Lipinski definition) is 1. The Labute approximate surface area is 126 Å². The first-order valence-corrected chi connectivity index (χ1v) is 8.41. The first-order valence-electron chi connectivity index (χ1n) is 8.41. The molecule has 2 nitrogen and oxygen atoms in total. The number of aromatic nitrogens is 1. The van der Waals surface area contributed by atoms with Gasteiger partial charge in [-0.2, -0.15) is 5.26 Å². The predicted octanol–water partition coefficient (Wildman–Crippen LogP) is 5.16. The summed E-state index contributed by atoms with van der Waals surface area (Å²) in [6.07, 6.45) is 10.1. The molecule has 1 heterocycles. The molecule has 0 bridgehead atoms. The lowest BCUT2D eigenvalue weighted by Crippen LogP contribution is -2.07. The van der Waals surface area contributed by atoms with Gasteiger partial charge < -0.3 is 4.98 Å². The van der Waals surface area contributed by atoms with Gasteiger partial charge in [-0.15, -0.1) is 0 Å². The van der Waals surface area contributed by atoms with E-state index in [2.05, 4.69) is 29.3 Å². The van der Waals surface area contributed by atoms with E-state index in [1.807, 2.05) is 0 Å². The third-order valence-electron chi connectivity index (χ3n) is 5.46. The second-order valence-electron chi connectivity index (χ2n) is 6.73. The number of nitrogens with zero attached hydrogens (tertiary/aromatic N) is 1. The fourth-order valence-electron chi connectivity index (χ4n) is 4.30. The number of nitriles is 1. The summed E-state index contributed by atoms with van der Waals surface area (Å²) in [6, 6.07) is 9.43. The Hall–Kier alpha value is -1.75. The summed E-state index contributed by atoms with van der Waals surface area (Å²) >= 11 is 0. The van der Waals surface area contributed by atoms with Crippen LogP contribution in [0.2, 0.25) is 0 Å². The van der Waals surface area contributed by atoms with Crippen molar-refractivity contribution >= 4 is 10.9 Å². The zero-order chi connectivity index (χ0) is 14.2. The highest BCUT2D eigenvalue weighted by Gasteiger charge is 2.24. The zero-order valence-corrected chi connectivity index (χ0v) is 12.5. The van der Waals surface area contributed by atoms with E-state index in [-0.39, 0.29) is 5.92 Å². The molecule has 108 valence electrons. The van der Waals surface area contributed by atoms with Gasteiger partial charge in [0.15, 0.2) is 0 Å². The Morgan fingerprint density at radius 2 is 1.90 bits per heavy atom. The molecule has 2 aliphatic carbocycles. The minimum absolute atomic E-state index is 0.0688. The van der Waals surface area contributed by atoms with Crippen LogP contribution in [-0.4, -0.2) is 4.98 Å². The third kappa shape index (κ3) is 2.16. The maximum Gasteiger partial charge on any atom is 0.0865 e. The molecule has 0 spiro atoms. The van der Waals surface area contributed by atoms with E-state index in [1.54, 1.807) is 0 Å². The Bertz CT molecular complexity index is 698. The molecular formula is C19H22N2. The molecule has 1 N–H and O–H groups in total. The van der Waals surface area contributed by atoms with Crippen LogP contribution in [0.4, 0.5) is 0 Å². The van der Waals surface area contributed by atoms with Crippen LogP contribution in [0.5, 0.6) is 0 Å². The molecule has 21 heavy (non-hydrogen) atoms. The maximum absolute atomic E-state index is 9.35. The highest BCUT2D eigenvalue weighted by Crippen LogP contribution is 2.38. The molecule has 0 radical (unpaired) electrons. The second-order valence-corrected chi connectivity index (χ2v) is 6.73. The normalized spacial score (nSPS) is 22.9. The zero-order valence-electron chi connectivity index (χ0n) is 12.5. The topological polar surface area (TPSA) is 39.6 Å². The van der Waals surface area contributed by atoms with Gasteiger partial charge in [0, 0.05) is 16.6 Å². The van der Waals surface area contributed by atoms with Gasteiger partial charge in [-0.3, -0.25) is 0 Å². The smallest absolute Gasteiger partial charge is 0.0865 e. The van der Waals surface area contributed by atoms with Crippen molar-refractivity contribution in [2.24, 2.45) is 0 Å². The number of hydrogen-bond acceptors (Lipinski definition) is 1. The van der Waals surface area contributed by atoms with E-state index in [1.165, 1.54) is 59.8 Å². The van der Waals surface area contributed by atoms with Gasteiger partial charge >= 0.3 is 0 Å². The van der Waals surface area contributed by atoms with Crippen molar-refractivity contribution in [2.45, 2.75) is 63.2 Å². The maximum atomic E-state index is 9.35. The van der Waals surface area contributed by atoms with E-state index in [0.29, 0.717) is 0 Å². The van der Waals surface area contributed by atoms with Crippen LogP contribution in [0.1, 0.15) is 73.6 Å². The van der Waals surface area contributed by atoms with Gasteiger partial charge in [0.2, 0.25) is 0 Å². The number of rotatable bonds is 1. The number of H-pyrrole nitrogens is 1. The Morgan fingerprint density at radius 1 is 1.05 bits per heavy atom. The van der Waals surface area contributed by atoms with E-state index >= 15 is 0 Å². The summed E-state index contributed by atoms with van der Waals surface area (Å²) in [6.45, 7) is 0. The van der Waals surface area contributed by atoms with E-state index in [4.69, 9.17) is 0 Å². The predicted molar refractivity (Wildman–Crippen MR) is 85.4 cm³/mol. The lowest BCUT2D eigenvalue weighted by Gasteiger charge is -2.22. The van der Waals surface area contributed by atoms with Crippen LogP contribution in [0.15, 0.2) is 18.2 Å². The van der Waals surface area contributed by atoms with Gasteiger partial charge in [-0.05, 0) is 61.3 Å². The largest absolute Gasteiger partial charge is 0.357 e. The van der Waals surface area contributed by atoms with E-state index < -0.39 is 0 Å². The number of fused-ring (bicyclic) bond motifs is 3. The van der Waals surface area contributed by atoms with Gasteiger partial charge in [-0.1, -0.05) is 25.3 Å². The molecule has 4 rings (SSSR count). The molecule has 1 fully saturated rings. The Morgan fingerprint density at radius 3 is 2.71 bits per heavy atom. The molecule has 2 heteroatoms. The molecule has 2 aliphatic rings. The molecule has 0 unspecified atom stereocenters. The number of aromatic amines is 1. The summed E-state index contributed by atoms with van der Waals surface area (Å²) in [7, 11) is 0. The van der Waals surface area contributed by atoms with Crippen LogP contribution in [0, 0.1) is 11.3 Å². The fraction of sp³-hybridized carbons (Fsp3) is 0.526. The fourth-order valence-corrected chi connectivity index (χ4v) is 4.30. The van der Waals surface area contributed by atoms with Crippen LogP contribution in [0.25, 0.3) is 10.9 Å². The van der Waals surface area contributed by atoms with Crippen molar-refractivity contribution in [3.8, 4) is 6.07 Å². The lowest BCUT2D eigenvalue weighted by atomic mass is 9.83. The van der Waals surface area contributed by atoms with Crippen LogP contribution < -0.4 is 0 Å². The van der Waals surface area contributed by atoms with Gasteiger partial charge in [0.1, 0.15) is 0 Å². The monoisotopic (exact) mass is 278 g/mol. The molecule has 1 aromatic heterocycles. The van der Waals surface area contributed by atoms with Crippen molar-refractivity contribution in [2.75, 3.05) is 0 Å². The van der Waals surface area contributed by atoms with E-state index in [0.717, 1.165) is 25.2 Å². The number of nitrogens with one attached hydrogen (secondary N) is 1. The standard InChI is InChI=1S/C19H22N2/c20-12-15-7-4-8-16-17-11-14(13-5-2-1-3-6-13)9-10-18(17)21-19(15)16/h9-11,13,15,21H,1-8H2/t15-/m0/s1. The Balaban J connectivity index is 1.79. The lowest BCUT2D eigenvalue weighted by molar-refractivity contribution is 0.444. The molecule has 0 saturated heterocycles. The number of aryl methyl sites for hydroxylation is 1. The molecular weight excluding hydrogens is 256 g/mol. The van der Waals surface area contributed by atoms with Gasteiger partial charge in [-0.25, -0.2) is 0 Å². The van der Waals surface area contributed by atoms with Crippen molar-refractivity contribution in [1.29, 1.82) is 5.26 Å². The van der Waals surface area contributed by atoms with Crippen molar-refractivity contribution < 1.29 is 0 Å². The summed E-state index contributed by atoms with van der Waals surface area (Å²) in [5.74, 6) is 0.823. The first-order chi connectivity index (χ1) is 10.4. The van der Waals surface area contributed by atoms with Crippen molar-refractivity contribution in [1.82, 2.24) is 4.98 Å². The highest BCUT2D eigenvalue weighted by atomic mass is 14.7. The molecule has 1 saturated carbocycles. The summed E-state index contributed by atoms with van der Waals surface area (Å²) in [5.41, 5.74) is 5.35. The average molecular weight is 278 g/mol. The summed E-state index contributed by atoms with van der Waals surface area (Å²) in [4.78, 5) is 3.52. The molecule has 0 aliphatic heterocycles. The third-order valence-corrected chi connectivity index (χ3v) is 5.46. The van der Waals surface area contributed by atoms with Crippen LogP contribution in [0.3, 0.4) is 0 Å². The van der Waals surface area contributed by atoms with Crippen LogP contribution in [-0.2, 0) is 6.42 Å². The van der Waals surface area contributed by atoms with E-state index in [9.17, 15) is 5.26 Å². The molecule has 2 aromatic rings. The average Bonchev–Trinajstić information content (AvgIpc) is 2.93. The minimum Gasteiger partial charge on any atom is -0.357 e. The SMILES string of the molecule is N#C[C@@H]1CCCc2c1[nH]c1ccc(C3CCCCC3)cc21. The van der Waals surface area contributed by atoms with Gasteiger partial charge in [0.05, 0.1) is 12.0 Å². The highest BCUT2D eigenvalue weighted by molar-refractivity contribution is 5.86. The summed E-state index contributed by atoms with van der Waals surface area (Å²) < 4.78 is 0. The summed E-state index contributed by atoms with van der Waals surface area (Å²) in [5, 5.41) is 10.7. The minimum atomic E-state index is 0.0688. The molecule has 1 atom stereocenters. The van der Waals surface area contributed by atoms with Crippen LogP contribution >= 0.6 is 0 Å². The molecule has 1 aromatic carbocycles. The van der Waals surface area contributed by atoms with Crippen molar-refractivity contribution in [3.05, 3.63) is 35.0 Å². The Kier molecular flexibility index (Phi) is 3.22. The molecule has 0 amide bonds. The second kappa shape index (κ2) is 5.22. The van der Waals surface area contributed by atoms with Gasteiger partial charge in [0.25, 0.3) is 0 Å². The van der Waals surface area contributed by atoms with Crippen molar-refractivity contribution in [3.63, 3.8) is 0 Å². The first kappa shape index (κ1) is 13.0. The quantitative estimate of drug-likeness (QED) is 0.769.